The number of carbonyl (C=O) groups excluding carboxylic acids is 1. The average Bonchev–Trinajstić information content (AvgIpc) is 1.80. The molecule has 0 saturated carbocycles. The van der Waals surface area contributed by atoms with Crippen LogP contribution in [0.1, 0.15) is 34.1 Å². The number of allylic oxidation sites excluding steroid dienone is 2. The third-order valence-corrected chi connectivity index (χ3v) is 1.56. The van der Waals surface area contributed by atoms with Crippen LogP contribution in [0.5, 0.6) is 0 Å². The maximum atomic E-state index is 10.7. The summed E-state index contributed by atoms with van der Waals surface area (Å²) in [5, 5.41) is -0.331. The Morgan fingerprint density at radius 2 is 1.91 bits per heavy atom. The maximum Gasteiger partial charge on any atom is 0.248 e. The van der Waals surface area contributed by atoms with Crippen LogP contribution in [0.25, 0.3) is 0 Å². The lowest BCUT2D eigenvalue weighted by Crippen LogP contribution is -2.09. The molecule has 0 saturated heterocycles. The molecule has 2 heteroatoms. The summed E-state index contributed by atoms with van der Waals surface area (Å²) in [5.74, 6) is 0. The van der Waals surface area contributed by atoms with Crippen molar-refractivity contribution >= 4 is 16.8 Å². The first-order valence-corrected chi connectivity index (χ1v) is 4.09. The van der Waals surface area contributed by atoms with Crippen molar-refractivity contribution in [2.75, 3.05) is 0 Å². The van der Waals surface area contributed by atoms with Gasteiger partial charge in [0, 0.05) is 5.57 Å². The summed E-state index contributed by atoms with van der Waals surface area (Å²) >= 11 is 5.34. The highest BCUT2D eigenvalue weighted by Gasteiger charge is 2.15. The monoisotopic (exact) mass is 174 g/mol. The van der Waals surface area contributed by atoms with Crippen LogP contribution in [0.4, 0.5) is 0 Å². The molecule has 0 aromatic heterocycles. The molecule has 0 N–H and O–H groups in total. The molecule has 1 nitrogen and oxygen atoms in total. The van der Waals surface area contributed by atoms with E-state index in [0.717, 1.165) is 6.42 Å². The van der Waals surface area contributed by atoms with Gasteiger partial charge in [-0.3, -0.25) is 4.79 Å². The molecule has 0 rings (SSSR count). The van der Waals surface area contributed by atoms with Crippen molar-refractivity contribution in [3.8, 4) is 0 Å². The molecule has 0 unspecified atom stereocenters. The van der Waals surface area contributed by atoms with E-state index in [1.807, 2.05) is 6.92 Å². The van der Waals surface area contributed by atoms with Gasteiger partial charge in [0.15, 0.2) is 0 Å². The van der Waals surface area contributed by atoms with E-state index in [4.69, 9.17) is 11.6 Å². The van der Waals surface area contributed by atoms with Crippen LogP contribution < -0.4 is 0 Å². The van der Waals surface area contributed by atoms with Gasteiger partial charge in [-0.1, -0.05) is 26.8 Å². The Hall–Kier alpha value is -0.300. The minimum absolute atomic E-state index is 0.131. The first-order chi connectivity index (χ1) is 4.87. The first kappa shape index (κ1) is 10.7. The fourth-order valence-electron chi connectivity index (χ4n) is 0.856. The number of carbonyl (C=O) groups is 1. The van der Waals surface area contributed by atoms with Gasteiger partial charge >= 0.3 is 0 Å². The van der Waals surface area contributed by atoms with Crippen molar-refractivity contribution < 1.29 is 4.79 Å². The smallest absolute Gasteiger partial charge is 0.248 e. The topological polar surface area (TPSA) is 17.1 Å². The zero-order chi connectivity index (χ0) is 9.07. The number of hydrogen-bond donors (Lipinski definition) is 0. The summed E-state index contributed by atoms with van der Waals surface area (Å²) < 4.78 is 0. The van der Waals surface area contributed by atoms with Crippen LogP contribution in [-0.4, -0.2) is 5.24 Å². The zero-order valence-electron chi connectivity index (χ0n) is 7.57. The Bertz CT molecular complexity index is 174. The van der Waals surface area contributed by atoms with Crippen LogP contribution in [0.15, 0.2) is 11.6 Å². The van der Waals surface area contributed by atoms with Crippen molar-refractivity contribution in [3.05, 3.63) is 11.6 Å². The minimum atomic E-state index is -0.331. The Morgan fingerprint density at radius 1 is 1.45 bits per heavy atom. The van der Waals surface area contributed by atoms with Gasteiger partial charge in [0.05, 0.1) is 0 Å². The lowest BCUT2D eigenvalue weighted by Gasteiger charge is -2.17. The van der Waals surface area contributed by atoms with E-state index in [9.17, 15) is 4.79 Å². The van der Waals surface area contributed by atoms with Crippen molar-refractivity contribution in [1.82, 2.24) is 0 Å². The highest BCUT2D eigenvalue weighted by Crippen LogP contribution is 2.24. The molecule has 0 radical (unpaired) electrons. The third kappa shape index (κ3) is 5.02. The molecule has 0 aliphatic rings. The molecule has 0 atom stereocenters. The summed E-state index contributed by atoms with van der Waals surface area (Å²) in [6.07, 6.45) is 2.52. The highest BCUT2D eigenvalue weighted by molar-refractivity contribution is 6.67. The Kier molecular flexibility index (Phi) is 3.81. The number of rotatable bonds is 2. The minimum Gasteiger partial charge on any atom is -0.276 e. The largest absolute Gasteiger partial charge is 0.276 e. The van der Waals surface area contributed by atoms with Gasteiger partial charge < -0.3 is 0 Å². The second-order valence-electron chi connectivity index (χ2n) is 3.83. The zero-order valence-corrected chi connectivity index (χ0v) is 8.33. The van der Waals surface area contributed by atoms with Gasteiger partial charge in [-0.2, -0.15) is 0 Å². The molecule has 0 heterocycles. The molecular weight excluding hydrogens is 160 g/mol. The summed E-state index contributed by atoms with van der Waals surface area (Å²) in [5.41, 5.74) is 0.839. The van der Waals surface area contributed by atoms with Gasteiger partial charge in [0.2, 0.25) is 5.24 Å². The molecule has 0 fully saturated rings. The van der Waals surface area contributed by atoms with Crippen molar-refractivity contribution in [2.45, 2.75) is 34.1 Å². The van der Waals surface area contributed by atoms with E-state index in [-0.39, 0.29) is 10.7 Å². The van der Waals surface area contributed by atoms with Crippen molar-refractivity contribution in [2.24, 2.45) is 5.41 Å². The highest BCUT2D eigenvalue weighted by atomic mass is 35.5. The quantitative estimate of drug-likeness (QED) is 0.465. The molecule has 0 spiro atoms. The lowest BCUT2D eigenvalue weighted by molar-refractivity contribution is -0.108. The summed E-state index contributed by atoms with van der Waals surface area (Å²) in [4.78, 5) is 10.7. The summed E-state index contributed by atoms with van der Waals surface area (Å²) in [7, 11) is 0. The van der Waals surface area contributed by atoms with Gasteiger partial charge in [-0.25, -0.2) is 0 Å². The molecular formula is C9H15ClO. The second kappa shape index (κ2) is 3.91. The number of hydrogen-bond acceptors (Lipinski definition) is 1. The molecule has 0 aliphatic carbocycles. The van der Waals surface area contributed by atoms with Gasteiger partial charge in [0.1, 0.15) is 0 Å². The van der Waals surface area contributed by atoms with E-state index in [1.54, 1.807) is 6.08 Å². The van der Waals surface area contributed by atoms with Crippen LogP contribution in [0.2, 0.25) is 0 Å². The molecule has 64 valence electrons. The van der Waals surface area contributed by atoms with Crippen LogP contribution in [0.3, 0.4) is 0 Å². The Labute approximate surface area is 73.4 Å². The summed E-state index contributed by atoms with van der Waals surface area (Å²) in [6.45, 7) is 8.07. The Morgan fingerprint density at radius 3 is 2.00 bits per heavy atom. The molecule has 0 bridgehead atoms. The van der Waals surface area contributed by atoms with E-state index >= 15 is 0 Å². The fourth-order valence-corrected chi connectivity index (χ4v) is 1.03. The second-order valence-corrected chi connectivity index (χ2v) is 4.17. The maximum absolute atomic E-state index is 10.7. The summed E-state index contributed by atoms with van der Waals surface area (Å²) in [6, 6.07) is 0. The van der Waals surface area contributed by atoms with Gasteiger partial charge in [0.25, 0.3) is 0 Å². The Balaban J connectivity index is 4.24. The lowest BCUT2D eigenvalue weighted by atomic mass is 9.88. The average molecular weight is 175 g/mol. The van der Waals surface area contributed by atoms with Crippen molar-refractivity contribution in [3.63, 3.8) is 0 Å². The van der Waals surface area contributed by atoms with E-state index in [0.29, 0.717) is 5.57 Å². The first-order valence-electron chi connectivity index (χ1n) is 3.72. The van der Waals surface area contributed by atoms with E-state index in [1.165, 1.54) is 0 Å². The SMILES string of the molecule is CC=C(CC(C)(C)C)C(=O)Cl. The fraction of sp³-hybridized carbons (Fsp3) is 0.667. The predicted molar refractivity (Wildman–Crippen MR) is 48.7 cm³/mol. The van der Waals surface area contributed by atoms with Crippen LogP contribution in [-0.2, 0) is 4.79 Å². The van der Waals surface area contributed by atoms with E-state index < -0.39 is 0 Å². The van der Waals surface area contributed by atoms with Gasteiger partial charge in [-0.15, -0.1) is 0 Å². The van der Waals surface area contributed by atoms with Crippen LogP contribution in [0, 0.1) is 5.41 Å². The molecule has 0 amide bonds. The molecule has 0 aromatic rings. The third-order valence-electron chi connectivity index (χ3n) is 1.32. The van der Waals surface area contributed by atoms with Gasteiger partial charge in [-0.05, 0) is 30.4 Å². The number of halogens is 1. The van der Waals surface area contributed by atoms with Crippen molar-refractivity contribution in [1.29, 1.82) is 0 Å². The predicted octanol–water partition coefficient (Wildman–Crippen LogP) is 3.13. The molecule has 11 heavy (non-hydrogen) atoms. The van der Waals surface area contributed by atoms with Crippen LogP contribution >= 0.6 is 11.6 Å². The van der Waals surface area contributed by atoms with E-state index in [2.05, 4.69) is 20.8 Å². The normalized spacial score (nSPS) is 13.4. The standard InChI is InChI=1S/C9H15ClO/c1-5-7(8(10)11)6-9(2,3)4/h5H,6H2,1-4H3. The molecule has 0 aliphatic heterocycles. The molecule has 0 aromatic carbocycles.